The summed E-state index contributed by atoms with van der Waals surface area (Å²) in [6.45, 7) is 2.62. The zero-order valence-electron chi connectivity index (χ0n) is 22.8. The highest BCUT2D eigenvalue weighted by Crippen LogP contribution is 2.63. The van der Waals surface area contributed by atoms with Crippen molar-refractivity contribution in [3.05, 3.63) is 77.6 Å². The third-order valence-electron chi connectivity index (χ3n) is 8.74. The van der Waals surface area contributed by atoms with E-state index in [0.29, 0.717) is 19.0 Å². The third kappa shape index (κ3) is 5.29. The summed E-state index contributed by atoms with van der Waals surface area (Å²) in [5, 5.41) is 0. The van der Waals surface area contributed by atoms with Crippen molar-refractivity contribution in [2.45, 2.75) is 57.5 Å². The van der Waals surface area contributed by atoms with Crippen LogP contribution in [0.3, 0.4) is 0 Å². The molecule has 4 aliphatic carbocycles. The summed E-state index contributed by atoms with van der Waals surface area (Å²) in [5.41, 5.74) is 4.15. The van der Waals surface area contributed by atoms with Crippen LogP contribution < -0.4 is 9.47 Å². The average Bonchev–Trinajstić information content (AvgIpc) is 2.95. The van der Waals surface area contributed by atoms with Crippen LogP contribution in [0, 0.1) is 17.8 Å². The van der Waals surface area contributed by atoms with Gasteiger partial charge in [-0.15, -0.1) is 0 Å². The van der Waals surface area contributed by atoms with E-state index >= 15 is 0 Å². The highest BCUT2D eigenvalue weighted by atomic mass is 16.5. The normalized spacial score (nSPS) is 25.1. The molecule has 4 bridgehead atoms. The Balaban J connectivity index is 1.37. The Hall–Kier alpha value is -3.67. The molecule has 0 saturated heterocycles. The number of carbonyl (C=O) groups is 1. The van der Waals surface area contributed by atoms with Crippen molar-refractivity contribution in [1.29, 1.82) is 0 Å². The number of nitrogens with zero attached hydrogens (tertiary/aromatic N) is 2. The first kappa shape index (κ1) is 25.6. The SMILES string of the molecule is CCOC(=O)C=Cc1cnc(-c2cc(OC)c(OCc3ccccc3)c(C34CC5CC(CC(C5)C3)C4)c2)nc1. The van der Waals surface area contributed by atoms with Crippen LogP contribution in [0.4, 0.5) is 0 Å². The van der Waals surface area contributed by atoms with Crippen molar-refractivity contribution in [2.75, 3.05) is 13.7 Å². The lowest BCUT2D eigenvalue weighted by Crippen LogP contribution is -2.48. The fourth-order valence-corrected chi connectivity index (χ4v) is 7.52. The summed E-state index contributed by atoms with van der Waals surface area (Å²) < 4.78 is 17.5. The molecule has 0 N–H and O–H groups in total. The molecule has 2 aromatic carbocycles. The van der Waals surface area contributed by atoms with Crippen molar-refractivity contribution >= 4 is 12.0 Å². The standard InChI is InChI=1S/C33H36N2O4/c1-3-38-30(36)10-9-23-19-34-32(35-20-23)27-14-28(33-16-24-11-25(17-33)13-26(12-24)18-33)31(29(15-27)37-2)39-21-22-7-5-4-6-8-22/h4-10,14-15,19-20,24-26H,3,11-13,16-18,21H2,1-2H3. The van der Waals surface area contributed by atoms with Crippen LogP contribution in [0.5, 0.6) is 11.5 Å². The lowest BCUT2D eigenvalue weighted by atomic mass is 9.48. The minimum Gasteiger partial charge on any atom is -0.493 e. The van der Waals surface area contributed by atoms with E-state index in [0.717, 1.165) is 45.9 Å². The molecule has 0 amide bonds. The van der Waals surface area contributed by atoms with E-state index in [-0.39, 0.29) is 11.4 Å². The van der Waals surface area contributed by atoms with Crippen LogP contribution in [0.1, 0.15) is 62.1 Å². The van der Waals surface area contributed by atoms with Gasteiger partial charge < -0.3 is 14.2 Å². The molecule has 0 spiro atoms. The van der Waals surface area contributed by atoms with Crippen LogP contribution in [0.25, 0.3) is 17.5 Å². The lowest BCUT2D eigenvalue weighted by molar-refractivity contribution is -0.137. The lowest BCUT2D eigenvalue weighted by Gasteiger charge is -2.57. The van der Waals surface area contributed by atoms with Gasteiger partial charge in [0.1, 0.15) is 6.61 Å². The number of ether oxygens (including phenoxy) is 3. The Morgan fingerprint density at radius 2 is 1.67 bits per heavy atom. The molecule has 0 atom stereocenters. The second-order valence-corrected chi connectivity index (χ2v) is 11.5. The van der Waals surface area contributed by atoms with Gasteiger partial charge in [0.05, 0.1) is 13.7 Å². The summed E-state index contributed by atoms with van der Waals surface area (Å²) in [6, 6.07) is 14.6. The van der Waals surface area contributed by atoms with E-state index in [9.17, 15) is 4.79 Å². The van der Waals surface area contributed by atoms with Gasteiger partial charge in [-0.2, -0.15) is 0 Å². The number of hydrogen-bond donors (Lipinski definition) is 0. The molecule has 1 heterocycles. The predicted molar refractivity (Wildman–Crippen MR) is 150 cm³/mol. The second kappa shape index (κ2) is 10.8. The Kier molecular flexibility index (Phi) is 7.11. The largest absolute Gasteiger partial charge is 0.493 e. The maximum Gasteiger partial charge on any atom is 0.330 e. The van der Waals surface area contributed by atoms with Crippen LogP contribution in [-0.4, -0.2) is 29.7 Å². The zero-order valence-corrected chi connectivity index (χ0v) is 22.8. The highest BCUT2D eigenvalue weighted by molar-refractivity contribution is 5.86. The summed E-state index contributed by atoms with van der Waals surface area (Å²) >= 11 is 0. The summed E-state index contributed by atoms with van der Waals surface area (Å²) in [7, 11) is 1.71. The van der Waals surface area contributed by atoms with Crippen molar-refractivity contribution in [1.82, 2.24) is 9.97 Å². The Labute approximate surface area is 230 Å². The Bertz CT molecular complexity index is 1310. The topological polar surface area (TPSA) is 70.5 Å². The molecule has 0 unspecified atom stereocenters. The predicted octanol–water partition coefficient (Wildman–Crippen LogP) is 6.78. The van der Waals surface area contributed by atoms with Crippen LogP contribution in [0.2, 0.25) is 0 Å². The van der Waals surface area contributed by atoms with E-state index in [1.807, 2.05) is 24.3 Å². The summed E-state index contributed by atoms with van der Waals surface area (Å²) in [6.07, 6.45) is 14.3. The van der Waals surface area contributed by atoms with Gasteiger partial charge in [0.2, 0.25) is 0 Å². The minimum atomic E-state index is -0.377. The number of hydrogen-bond acceptors (Lipinski definition) is 6. The summed E-state index contributed by atoms with van der Waals surface area (Å²) in [4.78, 5) is 21.0. The monoisotopic (exact) mass is 524 g/mol. The Morgan fingerprint density at radius 3 is 2.28 bits per heavy atom. The molecule has 6 nitrogen and oxygen atoms in total. The number of esters is 1. The molecule has 0 radical (unpaired) electrons. The number of benzene rings is 2. The van der Waals surface area contributed by atoms with Crippen molar-refractivity contribution < 1.29 is 19.0 Å². The maximum atomic E-state index is 11.7. The van der Waals surface area contributed by atoms with Gasteiger partial charge in [0.15, 0.2) is 17.3 Å². The van der Waals surface area contributed by atoms with E-state index in [4.69, 9.17) is 14.2 Å². The zero-order chi connectivity index (χ0) is 26.8. The molecule has 39 heavy (non-hydrogen) atoms. The number of carbonyl (C=O) groups excluding carboxylic acids is 1. The highest BCUT2D eigenvalue weighted by Gasteiger charge is 2.53. The number of aromatic nitrogens is 2. The first-order chi connectivity index (χ1) is 19.0. The Morgan fingerprint density at radius 1 is 1.00 bits per heavy atom. The van der Waals surface area contributed by atoms with Crippen LogP contribution >= 0.6 is 0 Å². The van der Waals surface area contributed by atoms with Gasteiger partial charge in [-0.25, -0.2) is 14.8 Å². The van der Waals surface area contributed by atoms with Gasteiger partial charge in [-0.3, -0.25) is 0 Å². The molecule has 4 saturated carbocycles. The number of methoxy groups -OCH3 is 1. The molecular weight excluding hydrogens is 488 g/mol. The number of rotatable bonds is 9. The first-order valence-corrected chi connectivity index (χ1v) is 14.1. The molecule has 4 fully saturated rings. The maximum absolute atomic E-state index is 11.7. The van der Waals surface area contributed by atoms with Gasteiger partial charge in [-0.1, -0.05) is 30.3 Å². The van der Waals surface area contributed by atoms with E-state index in [1.54, 1.807) is 32.5 Å². The first-order valence-electron chi connectivity index (χ1n) is 14.1. The fourth-order valence-electron chi connectivity index (χ4n) is 7.52. The molecular formula is C33H36N2O4. The van der Waals surface area contributed by atoms with Gasteiger partial charge >= 0.3 is 5.97 Å². The average molecular weight is 525 g/mol. The second-order valence-electron chi connectivity index (χ2n) is 11.5. The minimum absolute atomic E-state index is 0.104. The van der Waals surface area contributed by atoms with Crippen molar-refractivity contribution in [2.24, 2.45) is 17.8 Å². The smallest absolute Gasteiger partial charge is 0.330 e. The van der Waals surface area contributed by atoms with Gasteiger partial charge in [-0.05, 0) is 92.4 Å². The van der Waals surface area contributed by atoms with E-state index in [2.05, 4.69) is 28.2 Å². The van der Waals surface area contributed by atoms with Crippen molar-refractivity contribution in [3.8, 4) is 22.9 Å². The molecule has 1 aromatic heterocycles. The van der Waals surface area contributed by atoms with E-state index < -0.39 is 0 Å². The molecule has 4 aliphatic rings. The van der Waals surface area contributed by atoms with Crippen molar-refractivity contribution in [3.63, 3.8) is 0 Å². The molecule has 3 aromatic rings. The fraction of sp³-hybridized carbons (Fsp3) is 0.424. The van der Waals surface area contributed by atoms with Crippen LogP contribution in [-0.2, 0) is 21.6 Å². The molecule has 0 aliphatic heterocycles. The molecule has 202 valence electrons. The third-order valence-corrected chi connectivity index (χ3v) is 8.74. The molecule has 6 heteroatoms. The summed E-state index contributed by atoms with van der Waals surface area (Å²) in [5.74, 6) is 4.24. The molecule has 7 rings (SSSR count). The quantitative estimate of drug-likeness (QED) is 0.227. The van der Waals surface area contributed by atoms with Gasteiger partial charge in [0.25, 0.3) is 0 Å². The van der Waals surface area contributed by atoms with E-state index in [1.165, 1.54) is 50.2 Å². The van der Waals surface area contributed by atoms with Crippen LogP contribution in [0.15, 0.2) is 60.9 Å². The van der Waals surface area contributed by atoms with Gasteiger partial charge in [0, 0.05) is 35.2 Å².